The minimum absolute atomic E-state index is 0.000680. The van der Waals surface area contributed by atoms with Crippen LogP contribution in [0.3, 0.4) is 0 Å². The van der Waals surface area contributed by atoms with Gasteiger partial charge in [-0.2, -0.15) is 13.2 Å². The van der Waals surface area contributed by atoms with Crippen molar-refractivity contribution < 1.29 is 51.4 Å². The molecule has 216 valence electrons. The topological polar surface area (TPSA) is 104 Å². The molecule has 2 unspecified atom stereocenters. The predicted molar refractivity (Wildman–Crippen MR) is 138 cm³/mol. The number of alkyl halides is 3. The molecule has 1 aromatic carbocycles. The van der Waals surface area contributed by atoms with Crippen LogP contribution in [-0.4, -0.2) is 66.3 Å². The SMILES string of the molecule is C[N+]1(CCCC(=O)c2ccc(F)cc2)CCC(OC(=O)C(O)(c2cccs2)c2cccs2)C1.O=C([O-])C(F)(F)F. The molecule has 1 aliphatic rings. The van der Waals surface area contributed by atoms with E-state index in [0.717, 1.165) is 13.1 Å². The second kappa shape index (κ2) is 13.0. The largest absolute Gasteiger partial charge is 0.542 e. The number of likely N-dealkylation sites (N-methyl/N-ethyl adjacent to an activating group) is 1. The highest BCUT2D eigenvalue weighted by atomic mass is 32.1. The summed E-state index contributed by atoms with van der Waals surface area (Å²) < 4.78 is 51.1. The van der Waals surface area contributed by atoms with Crippen LogP contribution in [0.4, 0.5) is 17.6 Å². The highest BCUT2D eigenvalue weighted by Crippen LogP contribution is 2.37. The number of quaternary nitrogens is 1. The van der Waals surface area contributed by atoms with Crippen LogP contribution in [0.25, 0.3) is 0 Å². The van der Waals surface area contributed by atoms with Gasteiger partial charge >= 0.3 is 12.1 Å². The number of ketones is 1. The number of ether oxygens (including phenoxy) is 1. The van der Waals surface area contributed by atoms with E-state index in [4.69, 9.17) is 14.6 Å². The van der Waals surface area contributed by atoms with Gasteiger partial charge < -0.3 is 24.2 Å². The average Bonchev–Trinajstić information content (AvgIpc) is 3.67. The van der Waals surface area contributed by atoms with Crippen molar-refractivity contribution >= 4 is 40.4 Å². The number of likely N-dealkylation sites (tertiary alicyclic amines) is 1. The van der Waals surface area contributed by atoms with Gasteiger partial charge in [0.05, 0.1) is 29.9 Å². The smallest absolute Gasteiger partial charge is 0.430 e. The molecule has 40 heavy (non-hydrogen) atoms. The Morgan fingerprint density at radius 3 is 2.08 bits per heavy atom. The van der Waals surface area contributed by atoms with Crippen LogP contribution in [0.2, 0.25) is 0 Å². The molecule has 7 nitrogen and oxygen atoms in total. The van der Waals surface area contributed by atoms with E-state index < -0.39 is 23.7 Å². The van der Waals surface area contributed by atoms with Gasteiger partial charge in [0.15, 0.2) is 11.9 Å². The second-order valence-corrected chi connectivity index (χ2v) is 11.4. The molecule has 0 amide bonds. The Morgan fingerprint density at radius 2 is 1.60 bits per heavy atom. The van der Waals surface area contributed by atoms with E-state index in [1.807, 2.05) is 22.9 Å². The van der Waals surface area contributed by atoms with Crippen LogP contribution >= 0.6 is 22.7 Å². The van der Waals surface area contributed by atoms with Gasteiger partial charge in [-0.25, -0.2) is 9.18 Å². The fraction of sp³-hybridized carbons (Fsp3) is 0.370. The number of carbonyl (C=O) groups is 3. The molecule has 13 heteroatoms. The Bertz CT molecular complexity index is 1250. The summed E-state index contributed by atoms with van der Waals surface area (Å²) in [5, 5.41) is 23.8. The number of thiophene rings is 2. The molecule has 0 spiro atoms. The van der Waals surface area contributed by atoms with Crippen LogP contribution < -0.4 is 5.11 Å². The predicted octanol–water partition coefficient (Wildman–Crippen LogP) is 3.91. The highest BCUT2D eigenvalue weighted by Gasteiger charge is 2.46. The van der Waals surface area contributed by atoms with Crippen LogP contribution in [-0.2, 0) is 19.9 Å². The van der Waals surface area contributed by atoms with Crippen molar-refractivity contribution in [2.75, 3.05) is 26.7 Å². The molecule has 3 heterocycles. The fourth-order valence-corrected chi connectivity index (χ4v) is 6.07. The van der Waals surface area contributed by atoms with Gasteiger partial charge in [-0.3, -0.25) is 4.79 Å². The lowest BCUT2D eigenvalue weighted by Crippen LogP contribution is -2.45. The molecule has 2 aromatic heterocycles. The van der Waals surface area contributed by atoms with Crippen molar-refractivity contribution in [3.63, 3.8) is 0 Å². The Kier molecular flexibility index (Phi) is 10.2. The Labute approximate surface area is 235 Å². The zero-order chi connectivity index (χ0) is 29.6. The molecule has 0 bridgehead atoms. The van der Waals surface area contributed by atoms with Crippen LogP contribution in [0.15, 0.2) is 59.3 Å². The number of carbonyl (C=O) groups excluding carboxylic acids is 3. The monoisotopic (exact) mass is 601 g/mol. The molecule has 1 fully saturated rings. The first kappa shape index (κ1) is 31.4. The summed E-state index contributed by atoms with van der Waals surface area (Å²) in [6, 6.07) is 12.7. The highest BCUT2D eigenvalue weighted by molar-refractivity contribution is 7.12. The third-order valence-corrected chi connectivity index (χ3v) is 8.42. The summed E-state index contributed by atoms with van der Waals surface area (Å²) in [4.78, 5) is 35.4. The summed E-state index contributed by atoms with van der Waals surface area (Å²) in [5.41, 5.74) is -1.27. The minimum Gasteiger partial charge on any atom is -0.542 e. The summed E-state index contributed by atoms with van der Waals surface area (Å²) in [5.74, 6) is -4.00. The number of Topliss-reactive ketones (excluding diaryl/α,β-unsaturated/α-hetero) is 1. The molecule has 0 radical (unpaired) electrons. The number of aliphatic hydroxyl groups is 1. The number of rotatable bonds is 9. The number of aliphatic carboxylic acids is 1. The van der Waals surface area contributed by atoms with E-state index in [2.05, 4.69) is 7.05 Å². The molecular weight excluding hydrogens is 574 g/mol. The summed E-state index contributed by atoms with van der Waals surface area (Å²) in [7, 11) is 2.10. The Hall–Kier alpha value is -3.13. The molecule has 1 aliphatic heterocycles. The molecule has 0 saturated carbocycles. The van der Waals surface area contributed by atoms with E-state index in [0.29, 0.717) is 45.6 Å². The van der Waals surface area contributed by atoms with Crippen molar-refractivity contribution in [1.29, 1.82) is 0 Å². The number of hydrogen-bond acceptors (Lipinski definition) is 8. The third-order valence-electron chi connectivity index (χ3n) is 6.46. The quantitative estimate of drug-likeness (QED) is 0.173. The number of halogens is 4. The zero-order valence-electron chi connectivity index (χ0n) is 21.4. The number of hydrogen-bond donors (Lipinski definition) is 1. The minimum atomic E-state index is -5.19. The van der Waals surface area contributed by atoms with Gasteiger partial charge in [0.25, 0.3) is 0 Å². The number of carboxylic acid groups (broad SMARTS) is 1. The van der Waals surface area contributed by atoms with Crippen molar-refractivity contribution in [3.05, 3.63) is 80.4 Å². The van der Waals surface area contributed by atoms with E-state index in [1.54, 1.807) is 12.1 Å². The van der Waals surface area contributed by atoms with Gasteiger partial charge in [0.2, 0.25) is 5.60 Å². The summed E-state index contributed by atoms with van der Waals surface area (Å²) in [6.07, 6.45) is -3.69. The molecule has 4 rings (SSSR count). The van der Waals surface area contributed by atoms with Crippen LogP contribution in [0.5, 0.6) is 0 Å². The Balaban J connectivity index is 0.000000559. The number of carboxylic acids is 1. The first-order valence-corrected chi connectivity index (χ1v) is 13.9. The number of nitrogens with zero attached hydrogens (tertiary/aromatic N) is 1. The first-order valence-electron chi connectivity index (χ1n) is 12.2. The maximum atomic E-state index is 13.2. The van der Waals surface area contributed by atoms with Gasteiger partial charge in [0.1, 0.15) is 18.3 Å². The van der Waals surface area contributed by atoms with Crippen LogP contribution in [0.1, 0.15) is 39.4 Å². The van der Waals surface area contributed by atoms with Crippen molar-refractivity contribution in [2.45, 2.75) is 37.1 Å². The lowest BCUT2D eigenvalue weighted by atomic mass is 10.00. The maximum absolute atomic E-state index is 13.2. The molecular formula is C27H27F4NO6S2. The van der Waals surface area contributed by atoms with Gasteiger partial charge in [0, 0.05) is 24.8 Å². The van der Waals surface area contributed by atoms with Crippen LogP contribution in [0, 0.1) is 5.82 Å². The van der Waals surface area contributed by atoms with Crippen molar-refractivity contribution in [2.24, 2.45) is 0 Å². The number of benzene rings is 1. The zero-order valence-corrected chi connectivity index (χ0v) is 23.0. The second-order valence-electron chi connectivity index (χ2n) is 9.55. The maximum Gasteiger partial charge on any atom is 0.430 e. The first-order chi connectivity index (χ1) is 18.7. The van der Waals surface area contributed by atoms with E-state index in [-0.39, 0.29) is 17.7 Å². The van der Waals surface area contributed by atoms with Crippen molar-refractivity contribution in [1.82, 2.24) is 0 Å². The van der Waals surface area contributed by atoms with Crippen molar-refractivity contribution in [3.8, 4) is 0 Å². The molecule has 2 atom stereocenters. The lowest BCUT2D eigenvalue weighted by Gasteiger charge is -2.30. The fourth-order valence-electron chi connectivity index (χ4n) is 4.36. The lowest BCUT2D eigenvalue weighted by molar-refractivity contribution is -0.899. The van der Waals surface area contributed by atoms with Gasteiger partial charge in [-0.1, -0.05) is 12.1 Å². The average molecular weight is 602 g/mol. The van der Waals surface area contributed by atoms with E-state index in [1.165, 1.54) is 46.9 Å². The van der Waals surface area contributed by atoms with E-state index in [9.17, 15) is 32.3 Å². The normalized spacial score (nSPS) is 19.0. The summed E-state index contributed by atoms with van der Waals surface area (Å²) in [6.45, 7) is 2.25. The molecule has 0 aliphatic carbocycles. The standard InChI is InChI=1S/C25H27FNO4S2.C2HF3O2/c1-27(13-2-5-21(28)18-8-10-19(26)11-9-18)14-12-20(17-27)31-24(29)25(30,22-6-3-15-32-22)23-7-4-16-33-23;3-2(4,5)1(6)7/h3-4,6-11,15-16,20,30H,2,5,12-14,17H2,1H3;(H,6,7)/q+1;/p-1. The van der Waals surface area contributed by atoms with E-state index >= 15 is 0 Å². The van der Waals surface area contributed by atoms with Gasteiger partial charge in [-0.15, -0.1) is 22.7 Å². The molecule has 1 saturated heterocycles. The summed E-state index contributed by atoms with van der Waals surface area (Å²) >= 11 is 2.65. The molecule has 1 N–H and O–H groups in total. The Morgan fingerprint density at radius 1 is 1.05 bits per heavy atom. The third kappa shape index (κ3) is 7.96. The molecule has 3 aromatic rings. The number of esters is 1. The van der Waals surface area contributed by atoms with Gasteiger partial charge in [-0.05, 0) is 47.2 Å².